The number of hydrogen-bond donors (Lipinski definition) is 0. The van der Waals surface area contributed by atoms with Gasteiger partial charge in [0.25, 0.3) is 11.1 Å². The van der Waals surface area contributed by atoms with E-state index in [0.717, 1.165) is 23.5 Å². The number of ether oxygens (including phenoxy) is 2. The number of benzene rings is 2. The Morgan fingerprint density at radius 3 is 1.54 bits per heavy atom. The van der Waals surface area contributed by atoms with E-state index in [1.807, 2.05) is 0 Å². The number of aromatic nitrogens is 4. The van der Waals surface area contributed by atoms with Crippen molar-refractivity contribution in [2.45, 2.75) is 43.7 Å². The Morgan fingerprint density at radius 1 is 0.718 bits per heavy atom. The standard InChI is InChI=1S/C27H28N4O6S2/c1-3-36-22(32)16-38-26-28-20-12-7-5-10-18(20)24(34)30(26)14-9-15-31-25(35)19-11-6-8-13-21(19)29-27(31)39-17-23(33)37-4-2/h5-8,10-13H,3-4,9,14-17H2,1-2H3. The Morgan fingerprint density at radius 2 is 1.13 bits per heavy atom. The van der Waals surface area contributed by atoms with Crippen LogP contribution >= 0.6 is 23.5 Å². The molecule has 0 amide bonds. The number of thioether (sulfide) groups is 2. The summed E-state index contributed by atoms with van der Waals surface area (Å²) in [6.45, 7) is 4.50. The molecule has 0 radical (unpaired) electrons. The molecule has 2 heterocycles. The molecule has 0 aliphatic carbocycles. The zero-order chi connectivity index (χ0) is 27.8. The summed E-state index contributed by atoms with van der Waals surface area (Å²) in [6.07, 6.45) is 0.403. The van der Waals surface area contributed by atoms with Gasteiger partial charge in [-0.1, -0.05) is 47.8 Å². The molecule has 10 nitrogen and oxygen atoms in total. The van der Waals surface area contributed by atoms with E-state index in [1.54, 1.807) is 62.4 Å². The topological polar surface area (TPSA) is 122 Å². The van der Waals surface area contributed by atoms with E-state index < -0.39 is 11.9 Å². The molecule has 39 heavy (non-hydrogen) atoms. The highest BCUT2D eigenvalue weighted by Gasteiger charge is 2.16. The largest absolute Gasteiger partial charge is 0.465 e. The van der Waals surface area contributed by atoms with Crippen LogP contribution in [0.25, 0.3) is 21.8 Å². The van der Waals surface area contributed by atoms with Crippen molar-refractivity contribution in [3.8, 4) is 0 Å². The van der Waals surface area contributed by atoms with E-state index in [4.69, 9.17) is 9.47 Å². The van der Waals surface area contributed by atoms with Gasteiger partial charge >= 0.3 is 11.9 Å². The second-order valence-corrected chi connectivity index (χ2v) is 10.2. The molecule has 0 aliphatic heterocycles. The number of fused-ring (bicyclic) bond motifs is 2. The normalized spacial score (nSPS) is 11.1. The lowest BCUT2D eigenvalue weighted by Crippen LogP contribution is -2.27. The van der Waals surface area contributed by atoms with Gasteiger partial charge in [0.15, 0.2) is 10.3 Å². The first-order chi connectivity index (χ1) is 18.9. The first kappa shape index (κ1) is 28.4. The summed E-state index contributed by atoms with van der Waals surface area (Å²) in [5.41, 5.74) is 0.621. The number of rotatable bonds is 12. The molecule has 0 unspecified atom stereocenters. The van der Waals surface area contributed by atoms with E-state index in [2.05, 4.69) is 9.97 Å². The van der Waals surface area contributed by atoms with Gasteiger partial charge in [0, 0.05) is 13.1 Å². The Labute approximate surface area is 232 Å². The molecule has 0 atom stereocenters. The molecule has 4 aromatic rings. The molecule has 0 aliphatic rings. The van der Waals surface area contributed by atoms with Gasteiger partial charge in [-0.2, -0.15) is 0 Å². The van der Waals surface area contributed by atoms with Crippen molar-refractivity contribution < 1.29 is 19.1 Å². The lowest BCUT2D eigenvalue weighted by atomic mass is 10.2. The van der Waals surface area contributed by atoms with Gasteiger partial charge in [-0.25, -0.2) is 9.97 Å². The van der Waals surface area contributed by atoms with Crippen LogP contribution in [-0.2, 0) is 32.2 Å². The summed E-state index contributed by atoms with van der Waals surface area (Å²) in [6, 6.07) is 14.1. The summed E-state index contributed by atoms with van der Waals surface area (Å²) in [5, 5.41) is 1.72. The smallest absolute Gasteiger partial charge is 0.316 e. The quantitative estimate of drug-likeness (QED) is 0.143. The van der Waals surface area contributed by atoms with Crippen LogP contribution in [-0.4, -0.2) is 55.8 Å². The summed E-state index contributed by atoms with van der Waals surface area (Å²) < 4.78 is 13.1. The first-order valence-corrected chi connectivity index (χ1v) is 14.5. The van der Waals surface area contributed by atoms with E-state index in [1.165, 1.54) is 9.13 Å². The molecule has 4 rings (SSSR count). The van der Waals surface area contributed by atoms with Crippen LogP contribution < -0.4 is 11.1 Å². The van der Waals surface area contributed by atoms with Gasteiger partial charge in [0.2, 0.25) is 0 Å². The van der Waals surface area contributed by atoms with E-state index in [-0.39, 0.29) is 48.9 Å². The number of nitrogens with zero attached hydrogens (tertiary/aromatic N) is 4. The van der Waals surface area contributed by atoms with Crippen molar-refractivity contribution in [1.82, 2.24) is 19.1 Å². The molecule has 2 aromatic heterocycles. The van der Waals surface area contributed by atoms with Crippen LogP contribution in [0.2, 0.25) is 0 Å². The fourth-order valence-corrected chi connectivity index (χ4v) is 5.60. The maximum Gasteiger partial charge on any atom is 0.316 e. The van der Waals surface area contributed by atoms with Crippen LogP contribution in [0.5, 0.6) is 0 Å². The van der Waals surface area contributed by atoms with Crippen molar-refractivity contribution in [1.29, 1.82) is 0 Å². The van der Waals surface area contributed by atoms with Crippen molar-refractivity contribution >= 4 is 57.3 Å². The highest BCUT2D eigenvalue weighted by Crippen LogP contribution is 2.21. The molecule has 204 valence electrons. The first-order valence-electron chi connectivity index (χ1n) is 12.5. The van der Waals surface area contributed by atoms with E-state index in [9.17, 15) is 19.2 Å². The van der Waals surface area contributed by atoms with Crippen molar-refractivity contribution in [3.63, 3.8) is 0 Å². The maximum absolute atomic E-state index is 13.4. The number of hydrogen-bond acceptors (Lipinski definition) is 10. The van der Waals surface area contributed by atoms with Crippen LogP contribution in [0.3, 0.4) is 0 Å². The van der Waals surface area contributed by atoms with Gasteiger partial charge in [-0.15, -0.1) is 0 Å². The van der Waals surface area contributed by atoms with Crippen LogP contribution in [0.15, 0.2) is 68.4 Å². The molecule has 12 heteroatoms. The number of carbonyl (C=O) groups is 2. The SMILES string of the molecule is CCOC(=O)CSc1nc2ccccc2c(=O)n1CCCn1c(SCC(=O)OCC)nc2ccccc2c1=O. The molecule has 0 fully saturated rings. The summed E-state index contributed by atoms with van der Waals surface area (Å²) in [5.74, 6) is -0.759. The van der Waals surface area contributed by atoms with Gasteiger partial charge < -0.3 is 9.47 Å². The third kappa shape index (κ3) is 6.87. The summed E-state index contributed by atoms with van der Waals surface area (Å²) in [7, 11) is 0. The zero-order valence-electron chi connectivity index (χ0n) is 21.6. The number of carbonyl (C=O) groups excluding carboxylic acids is 2. The molecule has 2 aromatic carbocycles. The van der Waals surface area contributed by atoms with Crippen molar-refractivity contribution in [3.05, 3.63) is 69.2 Å². The van der Waals surface area contributed by atoms with Crippen LogP contribution in [0, 0.1) is 0 Å². The van der Waals surface area contributed by atoms with Gasteiger partial charge in [-0.3, -0.25) is 28.3 Å². The van der Waals surface area contributed by atoms with Gasteiger partial charge in [-0.05, 0) is 44.5 Å². The van der Waals surface area contributed by atoms with Crippen molar-refractivity contribution in [2.75, 3.05) is 24.7 Å². The van der Waals surface area contributed by atoms with Gasteiger partial charge in [0.05, 0.1) is 46.5 Å². The average Bonchev–Trinajstić information content (AvgIpc) is 2.93. The third-order valence-electron chi connectivity index (χ3n) is 5.67. The Hall–Kier alpha value is -3.64. The fraction of sp³-hybridized carbons (Fsp3) is 0.333. The van der Waals surface area contributed by atoms with Crippen LogP contribution in [0.1, 0.15) is 20.3 Å². The van der Waals surface area contributed by atoms with Crippen LogP contribution in [0.4, 0.5) is 0 Å². The Kier molecular flexibility index (Phi) is 9.77. The fourth-order valence-electron chi connectivity index (χ4n) is 3.95. The summed E-state index contributed by atoms with van der Waals surface area (Å²) >= 11 is 2.27. The summed E-state index contributed by atoms with van der Waals surface area (Å²) in [4.78, 5) is 59.9. The zero-order valence-corrected chi connectivity index (χ0v) is 23.3. The monoisotopic (exact) mass is 568 g/mol. The minimum absolute atomic E-state index is 0.0152. The molecular formula is C27H28N4O6S2. The third-order valence-corrected chi connectivity index (χ3v) is 7.57. The predicted octanol–water partition coefficient (Wildman–Crippen LogP) is 3.51. The Bertz CT molecular complexity index is 1500. The van der Waals surface area contributed by atoms with E-state index >= 15 is 0 Å². The highest BCUT2D eigenvalue weighted by molar-refractivity contribution is 8.00. The molecule has 0 N–H and O–H groups in total. The lowest BCUT2D eigenvalue weighted by molar-refractivity contribution is -0.140. The van der Waals surface area contributed by atoms with Crippen molar-refractivity contribution in [2.24, 2.45) is 0 Å². The molecule has 0 bridgehead atoms. The lowest BCUT2D eigenvalue weighted by Gasteiger charge is -2.15. The predicted molar refractivity (Wildman–Crippen MR) is 151 cm³/mol. The second-order valence-electron chi connectivity index (χ2n) is 8.28. The highest BCUT2D eigenvalue weighted by atomic mass is 32.2. The van der Waals surface area contributed by atoms with Gasteiger partial charge in [0.1, 0.15) is 0 Å². The second kappa shape index (κ2) is 13.4. The number of esters is 2. The maximum atomic E-state index is 13.4. The Balaban J connectivity index is 1.62. The molecule has 0 saturated heterocycles. The van der Waals surface area contributed by atoms with E-state index in [0.29, 0.717) is 38.5 Å². The minimum Gasteiger partial charge on any atom is -0.465 e. The number of para-hydroxylation sites is 2. The minimum atomic E-state index is -0.395. The molecule has 0 saturated carbocycles. The average molecular weight is 569 g/mol. The molecule has 0 spiro atoms. The molecular weight excluding hydrogens is 540 g/mol.